The number of ether oxygens (including phenoxy) is 1. The molecule has 0 fully saturated rings. The number of carbonyl (C=O) groups excluding carboxylic acids is 2. The summed E-state index contributed by atoms with van der Waals surface area (Å²) in [5.41, 5.74) is 0.501. The minimum Gasteiger partial charge on any atom is -0.467 e. The molecule has 2 rings (SSSR count). The molecule has 1 amide bonds. The van der Waals surface area contributed by atoms with Gasteiger partial charge in [-0.15, -0.1) is 0 Å². The molecule has 0 unspecified atom stereocenters. The molecule has 0 spiro atoms. The first kappa shape index (κ1) is 18.9. The molecule has 2 aromatic rings. The predicted octanol–water partition coefficient (Wildman–Crippen LogP) is 1.63. The van der Waals surface area contributed by atoms with Gasteiger partial charge in [0.25, 0.3) is 5.91 Å². The quantitative estimate of drug-likeness (QED) is 0.762. The van der Waals surface area contributed by atoms with Crippen LogP contribution in [0.1, 0.15) is 22.0 Å². The van der Waals surface area contributed by atoms with Crippen LogP contribution in [0.3, 0.4) is 0 Å². The molecule has 2 aromatic carbocycles. The zero-order valence-corrected chi connectivity index (χ0v) is 14.7. The first-order chi connectivity index (χ1) is 11.7. The number of hydrogen-bond acceptors (Lipinski definition) is 5. The summed E-state index contributed by atoms with van der Waals surface area (Å²) in [7, 11) is -2.89. The lowest BCUT2D eigenvalue weighted by Crippen LogP contribution is -2.34. The fourth-order valence-electron chi connectivity index (χ4n) is 2.12. The number of esters is 1. The maximum Gasteiger partial charge on any atom is 0.333 e. The van der Waals surface area contributed by atoms with Gasteiger partial charge in [-0.1, -0.05) is 41.9 Å². The molecule has 25 heavy (non-hydrogen) atoms. The third-order valence-electron chi connectivity index (χ3n) is 3.35. The van der Waals surface area contributed by atoms with Crippen LogP contribution < -0.4 is 10.5 Å². The van der Waals surface area contributed by atoms with E-state index in [0.717, 1.165) is 6.07 Å². The second-order valence-electron chi connectivity index (χ2n) is 5.03. The molecule has 0 radical (unpaired) electrons. The minimum absolute atomic E-state index is 0.0155. The summed E-state index contributed by atoms with van der Waals surface area (Å²) < 4.78 is 27.7. The van der Waals surface area contributed by atoms with Gasteiger partial charge in [-0.05, 0) is 23.8 Å². The van der Waals surface area contributed by atoms with Crippen LogP contribution in [0.2, 0.25) is 5.02 Å². The number of halogens is 1. The van der Waals surface area contributed by atoms with Crippen molar-refractivity contribution in [3.8, 4) is 0 Å². The van der Waals surface area contributed by atoms with E-state index in [1.165, 1.54) is 19.2 Å². The van der Waals surface area contributed by atoms with Gasteiger partial charge in [0, 0.05) is 5.56 Å². The number of hydrogen-bond donors (Lipinski definition) is 2. The van der Waals surface area contributed by atoms with Gasteiger partial charge in [0.15, 0.2) is 6.04 Å². The summed E-state index contributed by atoms with van der Waals surface area (Å²) in [6.45, 7) is 0. The zero-order valence-electron chi connectivity index (χ0n) is 13.1. The lowest BCUT2D eigenvalue weighted by atomic mass is 10.1. The number of rotatable bonds is 5. The number of amides is 1. The van der Waals surface area contributed by atoms with E-state index in [9.17, 15) is 18.0 Å². The van der Waals surface area contributed by atoms with Crippen molar-refractivity contribution in [2.45, 2.75) is 10.9 Å². The van der Waals surface area contributed by atoms with E-state index in [1.54, 1.807) is 30.3 Å². The van der Waals surface area contributed by atoms with E-state index >= 15 is 0 Å². The van der Waals surface area contributed by atoms with E-state index in [1.807, 2.05) is 0 Å². The molecule has 0 saturated carbocycles. The number of nitrogens with two attached hydrogens (primary N) is 1. The van der Waals surface area contributed by atoms with Crippen molar-refractivity contribution in [1.29, 1.82) is 0 Å². The highest BCUT2D eigenvalue weighted by molar-refractivity contribution is 7.89. The van der Waals surface area contributed by atoms with Crippen LogP contribution in [-0.2, 0) is 19.6 Å². The maximum atomic E-state index is 12.4. The molecule has 3 N–H and O–H groups in total. The molecular formula is C16H15ClN2O5S. The van der Waals surface area contributed by atoms with Gasteiger partial charge >= 0.3 is 5.97 Å². The number of benzene rings is 2. The van der Waals surface area contributed by atoms with Crippen molar-refractivity contribution < 1.29 is 22.7 Å². The Hall–Kier alpha value is -2.42. The summed E-state index contributed by atoms with van der Waals surface area (Å²) in [5, 5.41) is 7.47. The van der Waals surface area contributed by atoms with Crippen LogP contribution in [-0.4, -0.2) is 27.4 Å². The fourth-order valence-corrected chi connectivity index (χ4v) is 3.19. The van der Waals surface area contributed by atoms with Crippen LogP contribution >= 0.6 is 11.6 Å². The van der Waals surface area contributed by atoms with Gasteiger partial charge in [0.1, 0.15) is 4.90 Å². The molecule has 0 heterocycles. The van der Waals surface area contributed by atoms with Crippen LogP contribution in [0.4, 0.5) is 0 Å². The molecule has 0 bridgehead atoms. The monoisotopic (exact) mass is 382 g/mol. The number of carbonyl (C=O) groups is 2. The maximum absolute atomic E-state index is 12.4. The Morgan fingerprint density at radius 1 is 1.16 bits per heavy atom. The minimum atomic E-state index is -4.09. The van der Waals surface area contributed by atoms with E-state index in [-0.39, 0.29) is 15.5 Å². The second kappa shape index (κ2) is 7.64. The van der Waals surface area contributed by atoms with Gasteiger partial charge in [-0.3, -0.25) is 4.79 Å². The molecule has 7 nitrogen and oxygen atoms in total. The molecule has 0 aliphatic rings. The van der Waals surface area contributed by atoms with Gasteiger partial charge in [0.2, 0.25) is 10.0 Å². The number of methoxy groups -OCH3 is 1. The molecule has 1 atom stereocenters. The third kappa shape index (κ3) is 4.56. The molecule has 0 saturated heterocycles. The van der Waals surface area contributed by atoms with Gasteiger partial charge in [0.05, 0.1) is 12.1 Å². The van der Waals surface area contributed by atoms with Crippen LogP contribution in [0.25, 0.3) is 0 Å². The van der Waals surface area contributed by atoms with Crippen LogP contribution in [0.15, 0.2) is 53.4 Å². The molecule has 0 aliphatic carbocycles. The lowest BCUT2D eigenvalue weighted by molar-refractivity contribution is -0.143. The third-order valence-corrected chi connectivity index (χ3v) is 4.74. The SMILES string of the molecule is COC(=O)[C@@H](NC(=O)c1ccc(Cl)c(S(N)(=O)=O)c1)c1ccccc1. The average Bonchev–Trinajstić information content (AvgIpc) is 2.59. The van der Waals surface area contributed by atoms with Crippen molar-refractivity contribution in [1.82, 2.24) is 5.32 Å². The van der Waals surface area contributed by atoms with E-state index in [0.29, 0.717) is 5.56 Å². The summed E-state index contributed by atoms with van der Waals surface area (Å²) in [6, 6.07) is 11.0. The van der Waals surface area contributed by atoms with Crippen molar-refractivity contribution in [3.05, 3.63) is 64.7 Å². The van der Waals surface area contributed by atoms with Crippen molar-refractivity contribution in [2.24, 2.45) is 5.14 Å². The lowest BCUT2D eigenvalue weighted by Gasteiger charge is -2.17. The van der Waals surface area contributed by atoms with E-state index in [2.05, 4.69) is 5.32 Å². The summed E-state index contributed by atoms with van der Waals surface area (Å²) in [6.07, 6.45) is 0. The largest absolute Gasteiger partial charge is 0.467 e. The van der Waals surface area contributed by atoms with Gasteiger partial charge in [-0.25, -0.2) is 18.4 Å². The highest BCUT2D eigenvalue weighted by atomic mass is 35.5. The summed E-state index contributed by atoms with van der Waals surface area (Å²) in [4.78, 5) is 24.0. The average molecular weight is 383 g/mol. The predicted molar refractivity (Wildman–Crippen MR) is 91.5 cm³/mol. The number of sulfonamides is 1. The number of nitrogens with one attached hydrogen (secondary N) is 1. The highest BCUT2D eigenvalue weighted by Crippen LogP contribution is 2.22. The zero-order chi connectivity index (χ0) is 18.6. The topological polar surface area (TPSA) is 116 Å². The molecular weight excluding hydrogens is 368 g/mol. The Morgan fingerprint density at radius 2 is 1.80 bits per heavy atom. The number of primary sulfonamides is 1. The van der Waals surface area contributed by atoms with Crippen LogP contribution in [0.5, 0.6) is 0 Å². The smallest absolute Gasteiger partial charge is 0.333 e. The molecule has 9 heteroatoms. The summed E-state index contributed by atoms with van der Waals surface area (Å²) in [5.74, 6) is -1.35. The Kier molecular flexibility index (Phi) is 5.78. The van der Waals surface area contributed by atoms with Crippen molar-refractivity contribution in [2.75, 3.05) is 7.11 Å². The second-order valence-corrected chi connectivity index (χ2v) is 6.97. The normalized spacial score (nSPS) is 12.3. The van der Waals surface area contributed by atoms with E-state index < -0.39 is 27.9 Å². The molecule has 0 aromatic heterocycles. The Labute approximate surface area is 149 Å². The van der Waals surface area contributed by atoms with Crippen LogP contribution in [0, 0.1) is 0 Å². The molecule has 132 valence electrons. The standard InChI is InChI=1S/C16H15ClN2O5S/c1-24-16(21)14(10-5-3-2-4-6-10)19-15(20)11-7-8-12(17)13(9-11)25(18,22)23/h2-9,14H,1H3,(H,19,20)(H2,18,22,23)/t14-/m0/s1. The first-order valence-electron chi connectivity index (χ1n) is 7.00. The molecule has 0 aliphatic heterocycles. The first-order valence-corrected chi connectivity index (χ1v) is 8.92. The van der Waals surface area contributed by atoms with Gasteiger partial charge < -0.3 is 10.1 Å². The summed E-state index contributed by atoms with van der Waals surface area (Å²) >= 11 is 5.80. The van der Waals surface area contributed by atoms with Gasteiger partial charge in [-0.2, -0.15) is 0 Å². The Morgan fingerprint density at radius 3 is 2.36 bits per heavy atom. The van der Waals surface area contributed by atoms with Crippen molar-refractivity contribution in [3.63, 3.8) is 0 Å². The fraction of sp³-hybridized carbons (Fsp3) is 0.125. The Balaban J connectivity index is 2.35. The van der Waals surface area contributed by atoms with Crippen molar-refractivity contribution >= 4 is 33.5 Å². The Bertz CT molecular complexity index is 900. The van der Waals surface area contributed by atoms with E-state index in [4.69, 9.17) is 21.5 Å². The highest BCUT2D eigenvalue weighted by Gasteiger charge is 2.25.